The van der Waals surface area contributed by atoms with Crippen molar-refractivity contribution in [2.24, 2.45) is 0 Å². The molecular weight excluding hydrogens is 428 g/mol. The van der Waals surface area contributed by atoms with E-state index in [1.165, 1.54) is 0 Å². The average molecular weight is 453 g/mol. The van der Waals surface area contributed by atoms with Gasteiger partial charge in [-0.25, -0.2) is 0 Å². The summed E-state index contributed by atoms with van der Waals surface area (Å²) in [6.45, 7) is 0. The Bertz CT molecular complexity index is 1480. The fraction of sp³-hybridized carbons (Fsp3) is 0.107. The van der Waals surface area contributed by atoms with Crippen LogP contribution in [0, 0.1) is 0 Å². The number of nitrogens with zero attached hydrogens (tertiary/aromatic N) is 1. The maximum Gasteiger partial charge on any atom is 0.162 e. The lowest BCUT2D eigenvalue weighted by atomic mass is 10.1. The van der Waals surface area contributed by atoms with Crippen LogP contribution in [0.15, 0.2) is 85.1 Å². The highest BCUT2D eigenvalue weighted by molar-refractivity contribution is 5.96. The van der Waals surface area contributed by atoms with Gasteiger partial charge in [0.05, 0.1) is 26.8 Å². The van der Waals surface area contributed by atoms with Gasteiger partial charge in [0.2, 0.25) is 0 Å². The molecule has 1 N–H and O–H groups in total. The zero-order valence-electron chi connectivity index (χ0n) is 19.2. The Kier molecular flexibility index (Phi) is 5.79. The van der Waals surface area contributed by atoms with Crippen molar-refractivity contribution in [3.05, 3.63) is 85.1 Å². The van der Waals surface area contributed by atoms with Crippen molar-refractivity contribution >= 4 is 33.1 Å². The van der Waals surface area contributed by atoms with Crippen LogP contribution in [0.25, 0.3) is 21.7 Å². The Labute approximate surface area is 197 Å². The number of hydrogen-bond donors (Lipinski definition) is 1. The van der Waals surface area contributed by atoms with Crippen LogP contribution >= 0.6 is 0 Å². The summed E-state index contributed by atoms with van der Waals surface area (Å²) >= 11 is 0. The van der Waals surface area contributed by atoms with Gasteiger partial charge in [-0.3, -0.25) is 4.98 Å². The Balaban J connectivity index is 1.48. The van der Waals surface area contributed by atoms with Crippen molar-refractivity contribution in [1.82, 2.24) is 4.98 Å². The van der Waals surface area contributed by atoms with Gasteiger partial charge in [0, 0.05) is 40.5 Å². The highest BCUT2D eigenvalue weighted by Crippen LogP contribution is 2.38. The third-order valence-electron chi connectivity index (χ3n) is 5.64. The van der Waals surface area contributed by atoms with Gasteiger partial charge >= 0.3 is 0 Å². The monoisotopic (exact) mass is 452 g/mol. The predicted octanol–water partition coefficient (Wildman–Crippen LogP) is 6.95. The summed E-state index contributed by atoms with van der Waals surface area (Å²) in [5.74, 6) is 3.48. The van der Waals surface area contributed by atoms with E-state index in [0.717, 1.165) is 44.5 Å². The Morgan fingerprint density at radius 3 is 2.29 bits per heavy atom. The van der Waals surface area contributed by atoms with Crippen LogP contribution in [0.5, 0.6) is 28.7 Å². The highest BCUT2D eigenvalue weighted by Gasteiger charge is 2.12. The minimum absolute atomic E-state index is 0.625. The number of rotatable bonds is 7. The van der Waals surface area contributed by atoms with Crippen LogP contribution < -0.4 is 24.3 Å². The number of methoxy groups -OCH3 is 3. The van der Waals surface area contributed by atoms with Crippen LogP contribution in [-0.2, 0) is 0 Å². The molecule has 6 nitrogen and oxygen atoms in total. The van der Waals surface area contributed by atoms with Crippen molar-refractivity contribution in [3.8, 4) is 28.7 Å². The third-order valence-corrected chi connectivity index (χ3v) is 5.64. The lowest BCUT2D eigenvalue weighted by molar-refractivity contribution is 0.355. The number of ether oxygens (including phenoxy) is 4. The summed E-state index contributed by atoms with van der Waals surface area (Å²) in [7, 11) is 4.88. The zero-order chi connectivity index (χ0) is 23.5. The smallest absolute Gasteiger partial charge is 0.162 e. The van der Waals surface area contributed by atoms with Crippen molar-refractivity contribution in [2.45, 2.75) is 0 Å². The molecule has 0 fully saturated rings. The van der Waals surface area contributed by atoms with Crippen LogP contribution in [0.1, 0.15) is 0 Å². The van der Waals surface area contributed by atoms with Crippen LogP contribution in [0.3, 0.4) is 0 Å². The minimum Gasteiger partial charge on any atom is -0.497 e. The first-order valence-electron chi connectivity index (χ1n) is 10.8. The standard InChI is InChI=1S/C28H24N2O4/c1-31-20-8-5-7-19(15-20)30-24-9-4-6-18-14-21(10-11-22(18)24)34-26-12-13-29-25-17-28(33-3)27(32-2)16-23(25)26/h4-17,30H,1-3H3. The summed E-state index contributed by atoms with van der Waals surface area (Å²) in [5, 5.41) is 6.47. The Morgan fingerprint density at radius 1 is 0.647 bits per heavy atom. The number of nitrogens with one attached hydrogen (secondary N) is 1. The van der Waals surface area contributed by atoms with Crippen molar-refractivity contribution in [1.29, 1.82) is 0 Å². The van der Waals surface area contributed by atoms with Crippen molar-refractivity contribution < 1.29 is 18.9 Å². The largest absolute Gasteiger partial charge is 0.497 e. The first-order valence-corrected chi connectivity index (χ1v) is 10.8. The van der Waals surface area contributed by atoms with E-state index in [4.69, 9.17) is 18.9 Å². The van der Waals surface area contributed by atoms with E-state index in [1.54, 1.807) is 27.5 Å². The second-order valence-electron chi connectivity index (χ2n) is 7.68. The summed E-state index contributed by atoms with van der Waals surface area (Å²) in [5.41, 5.74) is 2.73. The quantitative estimate of drug-likeness (QED) is 0.288. The second-order valence-corrected chi connectivity index (χ2v) is 7.68. The summed E-state index contributed by atoms with van der Waals surface area (Å²) in [6, 6.07) is 25.6. The number of anilines is 2. The van der Waals surface area contributed by atoms with E-state index in [1.807, 2.05) is 60.7 Å². The van der Waals surface area contributed by atoms with Gasteiger partial charge < -0.3 is 24.3 Å². The molecule has 6 heteroatoms. The molecule has 1 aromatic heterocycles. The number of pyridine rings is 1. The van der Waals surface area contributed by atoms with Crippen molar-refractivity contribution in [3.63, 3.8) is 0 Å². The van der Waals surface area contributed by atoms with Gasteiger partial charge in [-0.05, 0) is 53.9 Å². The molecular formula is C28H24N2O4. The van der Waals surface area contributed by atoms with E-state index in [0.29, 0.717) is 17.2 Å². The Morgan fingerprint density at radius 2 is 1.47 bits per heavy atom. The maximum absolute atomic E-state index is 6.29. The van der Waals surface area contributed by atoms with Crippen LogP contribution in [0.4, 0.5) is 11.4 Å². The molecule has 0 saturated carbocycles. The molecule has 0 radical (unpaired) electrons. The van der Waals surface area contributed by atoms with Gasteiger partial charge in [-0.1, -0.05) is 18.2 Å². The average Bonchev–Trinajstić information content (AvgIpc) is 2.88. The predicted molar refractivity (Wildman–Crippen MR) is 135 cm³/mol. The van der Waals surface area contributed by atoms with E-state index in [-0.39, 0.29) is 0 Å². The molecule has 0 atom stereocenters. The molecule has 5 rings (SSSR count). The molecule has 0 aliphatic heterocycles. The first kappa shape index (κ1) is 21.4. The molecule has 0 bridgehead atoms. The highest BCUT2D eigenvalue weighted by atomic mass is 16.5. The SMILES string of the molecule is COc1cccc(Nc2cccc3cc(Oc4ccnc5cc(OC)c(OC)cc45)ccc23)c1. The normalized spacial score (nSPS) is 10.8. The number of fused-ring (bicyclic) bond motifs is 2. The topological polar surface area (TPSA) is 61.8 Å². The number of hydrogen-bond acceptors (Lipinski definition) is 6. The molecule has 1 heterocycles. The van der Waals surface area contributed by atoms with Crippen LogP contribution in [0.2, 0.25) is 0 Å². The third kappa shape index (κ3) is 4.13. The zero-order valence-corrected chi connectivity index (χ0v) is 19.2. The van der Waals surface area contributed by atoms with E-state index in [9.17, 15) is 0 Å². The number of benzene rings is 4. The van der Waals surface area contributed by atoms with Crippen LogP contribution in [-0.4, -0.2) is 26.3 Å². The molecule has 0 spiro atoms. The first-order chi connectivity index (χ1) is 16.7. The summed E-state index contributed by atoms with van der Waals surface area (Å²) in [6.07, 6.45) is 1.72. The van der Waals surface area contributed by atoms with Crippen molar-refractivity contribution in [2.75, 3.05) is 26.6 Å². The lowest BCUT2D eigenvalue weighted by Crippen LogP contribution is -1.94. The maximum atomic E-state index is 6.29. The van der Waals surface area contributed by atoms with Gasteiger partial charge in [-0.15, -0.1) is 0 Å². The summed E-state index contributed by atoms with van der Waals surface area (Å²) in [4.78, 5) is 4.45. The molecule has 0 saturated heterocycles. The lowest BCUT2D eigenvalue weighted by Gasteiger charge is -2.14. The summed E-state index contributed by atoms with van der Waals surface area (Å²) < 4.78 is 22.5. The van der Waals surface area contributed by atoms with E-state index in [2.05, 4.69) is 28.5 Å². The Hall–Kier alpha value is -4.45. The van der Waals surface area contributed by atoms with E-state index >= 15 is 0 Å². The molecule has 5 aromatic rings. The fourth-order valence-corrected chi connectivity index (χ4v) is 3.95. The molecule has 0 amide bonds. The molecule has 170 valence electrons. The van der Waals surface area contributed by atoms with Gasteiger partial charge in [-0.2, -0.15) is 0 Å². The minimum atomic E-state index is 0.625. The van der Waals surface area contributed by atoms with Gasteiger partial charge in [0.25, 0.3) is 0 Å². The molecule has 0 aliphatic rings. The van der Waals surface area contributed by atoms with Gasteiger partial charge in [0.1, 0.15) is 17.2 Å². The van der Waals surface area contributed by atoms with E-state index < -0.39 is 0 Å². The molecule has 4 aromatic carbocycles. The number of aromatic nitrogens is 1. The molecule has 0 unspecified atom stereocenters. The molecule has 0 aliphatic carbocycles. The fourth-order valence-electron chi connectivity index (χ4n) is 3.95. The second kappa shape index (κ2) is 9.19. The molecule has 34 heavy (non-hydrogen) atoms. The van der Waals surface area contributed by atoms with Gasteiger partial charge in [0.15, 0.2) is 11.5 Å².